The molecule has 1 amide bonds. The molecule has 2 rings (SSSR count). The van der Waals surface area contributed by atoms with E-state index in [9.17, 15) is 4.79 Å². The van der Waals surface area contributed by atoms with E-state index in [1.54, 1.807) is 18.6 Å². The quantitative estimate of drug-likeness (QED) is 0.511. The maximum absolute atomic E-state index is 11.8. The molecule has 1 N–H and O–H groups in total. The van der Waals surface area contributed by atoms with Crippen molar-refractivity contribution in [2.75, 3.05) is 0 Å². The maximum atomic E-state index is 11.8. The number of hydrogen-bond donors (Lipinski definition) is 1. The second-order valence-corrected chi connectivity index (χ2v) is 7.97. The number of hydrazone groups is 1. The van der Waals surface area contributed by atoms with Crippen molar-refractivity contribution in [3.05, 3.63) is 30.1 Å². The Kier molecular flexibility index (Phi) is 3.36. The van der Waals surface area contributed by atoms with Gasteiger partial charge in [0.15, 0.2) is 0 Å². The summed E-state index contributed by atoms with van der Waals surface area (Å²) >= 11 is 6.88. The highest BCUT2D eigenvalue weighted by atomic mass is 79.9. The number of hydrogen-bond acceptors (Lipinski definition) is 3. The molecule has 1 saturated carbocycles. The van der Waals surface area contributed by atoms with Gasteiger partial charge in [0.1, 0.15) is 0 Å². The van der Waals surface area contributed by atoms with Crippen LogP contribution in [0.5, 0.6) is 0 Å². The third kappa shape index (κ3) is 2.57. The standard InChI is InChI=1S/C11H11Br2N3O/c1-10(7-11(10,12)13)9(17)16-15-6-8-3-2-4-14-5-8/h2-6H,7H2,1H3,(H,16,17)/b15-6-. The van der Waals surface area contributed by atoms with Crippen LogP contribution >= 0.6 is 31.9 Å². The van der Waals surface area contributed by atoms with Crippen LogP contribution in [0.15, 0.2) is 29.6 Å². The van der Waals surface area contributed by atoms with Gasteiger partial charge in [0.25, 0.3) is 0 Å². The van der Waals surface area contributed by atoms with Crippen molar-refractivity contribution in [2.45, 2.75) is 16.6 Å². The van der Waals surface area contributed by atoms with Crippen molar-refractivity contribution in [3.8, 4) is 0 Å². The van der Waals surface area contributed by atoms with Crippen molar-refractivity contribution in [3.63, 3.8) is 0 Å². The molecule has 0 spiro atoms. The molecule has 1 aliphatic carbocycles. The number of halogens is 2. The third-order valence-corrected chi connectivity index (χ3v) is 5.13. The maximum Gasteiger partial charge on any atom is 0.248 e. The molecule has 6 heteroatoms. The molecule has 17 heavy (non-hydrogen) atoms. The first-order valence-corrected chi connectivity index (χ1v) is 6.66. The van der Waals surface area contributed by atoms with Crippen LogP contribution in [0.1, 0.15) is 18.9 Å². The summed E-state index contributed by atoms with van der Waals surface area (Å²) in [5.74, 6) is -0.105. The fourth-order valence-electron chi connectivity index (χ4n) is 1.39. The van der Waals surface area contributed by atoms with Crippen LogP contribution in [0.3, 0.4) is 0 Å². The summed E-state index contributed by atoms with van der Waals surface area (Å²) < 4.78 is -0.291. The minimum atomic E-state index is -0.445. The van der Waals surface area contributed by atoms with E-state index in [1.807, 2.05) is 19.1 Å². The zero-order valence-electron chi connectivity index (χ0n) is 9.15. The van der Waals surface area contributed by atoms with E-state index < -0.39 is 5.41 Å². The number of pyridine rings is 1. The lowest BCUT2D eigenvalue weighted by Crippen LogP contribution is -2.29. The Bertz CT molecular complexity index is 461. The van der Waals surface area contributed by atoms with Gasteiger partial charge in [-0.15, -0.1) is 0 Å². The molecule has 1 heterocycles. The lowest BCUT2D eigenvalue weighted by atomic mass is 10.1. The van der Waals surface area contributed by atoms with Crippen LogP contribution in [0.25, 0.3) is 0 Å². The van der Waals surface area contributed by atoms with Gasteiger partial charge in [0.2, 0.25) is 5.91 Å². The average molecular weight is 361 g/mol. The molecule has 0 aromatic carbocycles. The molecule has 4 nitrogen and oxygen atoms in total. The van der Waals surface area contributed by atoms with Gasteiger partial charge < -0.3 is 0 Å². The first-order valence-electron chi connectivity index (χ1n) is 5.07. The number of nitrogens with one attached hydrogen (secondary N) is 1. The first-order chi connectivity index (χ1) is 7.96. The summed E-state index contributed by atoms with van der Waals surface area (Å²) in [5.41, 5.74) is 2.93. The Balaban J connectivity index is 1.92. The average Bonchev–Trinajstić information content (AvgIpc) is 2.81. The number of nitrogens with zero attached hydrogens (tertiary/aromatic N) is 2. The SMILES string of the molecule is CC1(C(=O)N/N=C\c2cccnc2)CC1(Br)Br. The van der Waals surface area contributed by atoms with E-state index in [0.29, 0.717) is 0 Å². The largest absolute Gasteiger partial charge is 0.272 e. The Morgan fingerprint density at radius 3 is 2.88 bits per heavy atom. The van der Waals surface area contributed by atoms with Gasteiger partial charge >= 0.3 is 0 Å². The summed E-state index contributed by atoms with van der Waals surface area (Å²) in [6.07, 6.45) is 5.67. The monoisotopic (exact) mass is 359 g/mol. The molecule has 0 radical (unpaired) electrons. The second kappa shape index (κ2) is 4.49. The number of amides is 1. The first kappa shape index (κ1) is 12.7. The molecule has 0 aliphatic heterocycles. The highest BCUT2D eigenvalue weighted by Crippen LogP contribution is 2.66. The van der Waals surface area contributed by atoms with Gasteiger partial charge in [-0.3, -0.25) is 9.78 Å². The van der Waals surface area contributed by atoms with Crippen molar-refractivity contribution in [1.82, 2.24) is 10.4 Å². The topological polar surface area (TPSA) is 54.4 Å². The summed E-state index contributed by atoms with van der Waals surface area (Å²) in [6, 6.07) is 3.67. The van der Waals surface area contributed by atoms with Gasteiger partial charge in [-0.25, -0.2) is 5.43 Å². The van der Waals surface area contributed by atoms with Crippen LogP contribution in [0, 0.1) is 5.41 Å². The van der Waals surface area contributed by atoms with Gasteiger partial charge in [0.05, 0.1) is 14.9 Å². The van der Waals surface area contributed by atoms with E-state index in [2.05, 4.69) is 47.4 Å². The molecule has 90 valence electrons. The van der Waals surface area contributed by atoms with Gasteiger partial charge in [-0.1, -0.05) is 37.9 Å². The van der Waals surface area contributed by atoms with E-state index >= 15 is 0 Å². The molecule has 1 aromatic rings. The summed E-state index contributed by atoms with van der Waals surface area (Å²) in [7, 11) is 0. The second-order valence-electron chi connectivity index (χ2n) is 4.20. The van der Waals surface area contributed by atoms with E-state index in [0.717, 1.165) is 12.0 Å². The Hall–Kier alpha value is -0.750. The van der Waals surface area contributed by atoms with Crippen molar-refractivity contribution in [1.29, 1.82) is 0 Å². The Labute approximate surface area is 116 Å². The zero-order valence-corrected chi connectivity index (χ0v) is 12.3. The van der Waals surface area contributed by atoms with Crippen LogP contribution in [-0.4, -0.2) is 20.3 Å². The lowest BCUT2D eigenvalue weighted by molar-refractivity contribution is -0.125. The highest BCUT2D eigenvalue weighted by molar-refractivity contribution is 9.25. The molecule has 0 bridgehead atoms. The summed E-state index contributed by atoms with van der Waals surface area (Å²) in [6.45, 7) is 1.88. The van der Waals surface area contributed by atoms with E-state index in [1.165, 1.54) is 0 Å². The van der Waals surface area contributed by atoms with Crippen molar-refractivity contribution < 1.29 is 4.79 Å². The molecular formula is C11H11Br2N3O. The molecule has 1 aliphatic rings. The van der Waals surface area contributed by atoms with Crippen LogP contribution < -0.4 is 5.43 Å². The van der Waals surface area contributed by atoms with Gasteiger partial charge in [0, 0.05) is 18.0 Å². The zero-order chi connectivity index (χ0) is 12.5. The summed E-state index contributed by atoms with van der Waals surface area (Å²) in [5, 5.41) is 3.91. The number of rotatable bonds is 3. The lowest BCUT2D eigenvalue weighted by Gasteiger charge is -2.09. The molecule has 1 aromatic heterocycles. The van der Waals surface area contributed by atoms with Crippen LogP contribution in [0.4, 0.5) is 0 Å². The van der Waals surface area contributed by atoms with E-state index in [4.69, 9.17) is 0 Å². The Morgan fingerprint density at radius 2 is 2.35 bits per heavy atom. The number of carbonyl (C=O) groups is 1. The molecular weight excluding hydrogens is 350 g/mol. The van der Waals surface area contributed by atoms with Crippen molar-refractivity contribution >= 4 is 44.0 Å². The predicted octanol–water partition coefficient (Wildman–Crippen LogP) is 2.43. The Morgan fingerprint density at radius 1 is 1.65 bits per heavy atom. The minimum absolute atomic E-state index is 0.105. The number of carbonyl (C=O) groups excluding carboxylic acids is 1. The molecule has 1 atom stereocenters. The predicted molar refractivity (Wildman–Crippen MR) is 73.3 cm³/mol. The van der Waals surface area contributed by atoms with Gasteiger partial charge in [-0.2, -0.15) is 5.10 Å². The molecule has 0 saturated heterocycles. The number of aromatic nitrogens is 1. The fourth-order valence-corrected chi connectivity index (χ4v) is 2.87. The smallest absolute Gasteiger partial charge is 0.248 e. The highest BCUT2D eigenvalue weighted by Gasteiger charge is 2.66. The van der Waals surface area contributed by atoms with Crippen LogP contribution in [0.2, 0.25) is 0 Å². The normalized spacial score (nSPS) is 25.8. The minimum Gasteiger partial charge on any atom is -0.272 e. The third-order valence-electron chi connectivity index (χ3n) is 2.82. The van der Waals surface area contributed by atoms with Crippen LogP contribution in [-0.2, 0) is 4.79 Å². The van der Waals surface area contributed by atoms with Gasteiger partial charge in [-0.05, 0) is 19.4 Å². The summed E-state index contributed by atoms with van der Waals surface area (Å²) in [4.78, 5) is 15.8. The molecule has 1 fully saturated rings. The number of alkyl halides is 2. The van der Waals surface area contributed by atoms with Crippen molar-refractivity contribution in [2.24, 2.45) is 10.5 Å². The molecule has 1 unspecified atom stereocenters. The van der Waals surface area contributed by atoms with E-state index in [-0.39, 0.29) is 9.14 Å². The fraction of sp³-hybridized carbons (Fsp3) is 0.364.